The SMILES string of the molecule is CC(C1CC1)N(C)C(=O)CN1C(=O)NC2(CCC(C(C)(C)C)CC2)C1=O. The number of carbonyl (C=O) groups excluding carboxylic acids is 3. The van der Waals surface area contributed by atoms with E-state index in [9.17, 15) is 14.4 Å². The number of hydrogen-bond acceptors (Lipinski definition) is 3. The highest BCUT2D eigenvalue weighted by Crippen LogP contribution is 2.43. The van der Waals surface area contributed by atoms with Crippen LogP contribution in [0.1, 0.15) is 66.2 Å². The third-order valence-corrected chi connectivity index (χ3v) is 6.91. The number of nitrogens with zero attached hydrogens (tertiary/aromatic N) is 2. The molecular formula is C20H33N3O3. The van der Waals surface area contributed by atoms with Crippen LogP contribution in [0.2, 0.25) is 0 Å². The topological polar surface area (TPSA) is 69.7 Å². The highest BCUT2D eigenvalue weighted by atomic mass is 16.2. The van der Waals surface area contributed by atoms with E-state index in [4.69, 9.17) is 0 Å². The largest absolute Gasteiger partial charge is 0.341 e. The summed E-state index contributed by atoms with van der Waals surface area (Å²) in [7, 11) is 1.77. The number of imide groups is 1. The summed E-state index contributed by atoms with van der Waals surface area (Å²) < 4.78 is 0. The third-order valence-electron chi connectivity index (χ3n) is 6.91. The van der Waals surface area contributed by atoms with Gasteiger partial charge in [0.2, 0.25) is 5.91 Å². The van der Waals surface area contributed by atoms with E-state index >= 15 is 0 Å². The van der Waals surface area contributed by atoms with Gasteiger partial charge in [-0.15, -0.1) is 0 Å². The Morgan fingerprint density at radius 2 is 1.81 bits per heavy atom. The molecule has 1 atom stereocenters. The lowest BCUT2D eigenvalue weighted by Crippen LogP contribution is -2.51. The average molecular weight is 364 g/mol. The Hall–Kier alpha value is -1.59. The molecule has 0 aromatic heterocycles. The first-order valence-corrected chi connectivity index (χ1v) is 9.95. The van der Waals surface area contributed by atoms with Gasteiger partial charge in [0.05, 0.1) is 0 Å². The molecule has 146 valence electrons. The van der Waals surface area contributed by atoms with Crippen LogP contribution < -0.4 is 5.32 Å². The number of amides is 4. The van der Waals surface area contributed by atoms with Crippen LogP contribution in [0, 0.1) is 17.3 Å². The van der Waals surface area contributed by atoms with Gasteiger partial charge >= 0.3 is 6.03 Å². The van der Waals surface area contributed by atoms with Gasteiger partial charge in [0, 0.05) is 13.1 Å². The van der Waals surface area contributed by atoms with Gasteiger partial charge < -0.3 is 10.2 Å². The fraction of sp³-hybridized carbons (Fsp3) is 0.850. The molecule has 0 bridgehead atoms. The van der Waals surface area contributed by atoms with Crippen LogP contribution in [-0.2, 0) is 9.59 Å². The van der Waals surface area contributed by atoms with Crippen molar-refractivity contribution >= 4 is 17.8 Å². The number of hydrogen-bond donors (Lipinski definition) is 1. The zero-order valence-electron chi connectivity index (χ0n) is 16.8. The van der Waals surface area contributed by atoms with Gasteiger partial charge in [0.1, 0.15) is 12.1 Å². The van der Waals surface area contributed by atoms with Crippen molar-refractivity contribution in [2.45, 2.75) is 77.8 Å². The number of urea groups is 1. The smallest absolute Gasteiger partial charge is 0.325 e. The van der Waals surface area contributed by atoms with Crippen molar-refractivity contribution in [1.82, 2.24) is 15.1 Å². The summed E-state index contributed by atoms with van der Waals surface area (Å²) in [6.45, 7) is 8.57. The first kappa shape index (κ1) is 19.2. The van der Waals surface area contributed by atoms with Crippen molar-refractivity contribution in [2.75, 3.05) is 13.6 Å². The molecule has 26 heavy (non-hydrogen) atoms. The van der Waals surface area contributed by atoms with Gasteiger partial charge in [0.25, 0.3) is 5.91 Å². The summed E-state index contributed by atoms with van der Waals surface area (Å²) in [6, 6.07) is -0.246. The quantitative estimate of drug-likeness (QED) is 0.781. The lowest BCUT2D eigenvalue weighted by Gasteiger charge is -2.40. The fourth-order valence-electron chi connectivity index (χ4n) is 4.50. The molecule has 3 fully saturated rings. The highest BCUT2D eigenvalue weighted by molar-refractivity contribution is 6.09. The van der Waals surface area contributed by atoms with Crippen LogP contribution in [0.15, 0.2) is 0 Å². The summed E-state index contributed by atoms with van der Waals surface area (Å²) >= 11 is 0. The minimum Gasteiger partial charge on any atom is -0.341 e. The maximum atomic E-state index is 13.0. The van der Waals surface area contributed by atoms with Crippen molar-refractivity contribution in [2.24, 2.45) is 17.3 Å². The Kier molecular flexibility index (Phi) is 4.82. The van der Waals surface area contributed by atoms with Crippen LogP contribution in [0.5, 0.6) is 0 Å². The standard InChI is InChI=1S/C20H33N3O3/c1-13(14-6-7-14)22(5)16(24)12-23-17(25)20(21-18(23)26)10-8-15(9-11-20)19(2,3)4/h13-15H,6-12H2,1-5H3,(H,21,26). The van der Waals surface area contributed by atoms with E-state index in [-0.39, 0.29) is 29.8 Å². The predicted octanol–water partition coefficient (Wildman–Crippen LogP) is 2.77. The zero-order chi connectivity index (χ0) is 19.3. The first-order valence-electron chi connectivity index (χ1n) is 9.95. The maximum absolute atomic E-state index is 13.0. The molecule has 1 heterocycles. The summed E-state index contributed by atoms with van der Waals surface area (Å²) in [6.07, 6.45) is 5.49. The second-order valence-corrected chi connectivity index (χ2v) is 9.63. The molecule has 0 aromatic carbocycles. The van der Waals surface area contributed by atoms with E-state index in [1.807, 2.05) is 6.92 Å². The van der Waals surface area contributed by atoms with E-state index in [2.05, 4.69) is 26.1 Å². The molecule has 1 spiro atoms. The zero-order valence-corrected chi connectivity index (χ0v) is 16.8. The van der Waals surface area contributed by atoms with Crippen LogP contribution >= 0.6 is 0 Å². The third kappa shape index (κ3) is 3.47. The fourth-order valence-corrected chi connectivity index (χ4v) is 4.50. The molecule has 3 rings (SSSR count). The molecule has 0 aromatic rings. The van der Waals surface area contributed by atoms with Gasteiger partial charge in [-0.05, 0) is 62.7 Å². The molecule has 1 N–H and O–H groups in total. The molecule has 0 radical (unpaired) electrons. The second-order valence-electron chi connectivity index (χ2n) is 9.63. The molecule has 6 nitrogen and oxygen atoms in total. The van der Waals surface area contributed by atoms with Crippen LogP contribution in [0.25, 0.3) is 0 Å². The van der Waals surface area contributed by atoms with Gasteiger partial charge in [0.15, 0.2) is 0 Å². The Bertz CT molecular complexity index is 598. The summed E-state index contributed by atoms with van der Waals surface area (Å²) in [4.78, 5) is 40.8. The minimum absolute atomic E-state index is 0.150. The van der Waals surface area contributed by atoms with Crippen LogP contribution in [0.3, 0.4) is 0 Å². The van der Waals surface area contributed by atoms with Crippen molar-refractivity contribution in [3.63, 3.8) is 0 Å². The minimum atomic E-state index is -0.792. The van der Waals surface area contributed by atoms with Gasteiger partial charge in [-0.1, -0.05) is 20.8 Å². The van der Waals surface area contributed by atoms with Gasteiger partial charge in [-0.2, -0.15) is 0 Å². The van der Waals surface area contributed by atoms with Crippen molar-refractivity contribution < 1.29 is 14.4 Å². The second kappa shape index (κ2) is 6.54. The van der Waals surface area contributed by atoms with Gasteiger partial charge in [-0.25, -0.2) is 4.79 Å². The van der Waals surface area contributed by atoms with E-state index in [0.29, 0.717) is 24.7 Å². The normalized spacial score (nSPS) is 30.5. The monoisotopic (exact) mass is 363 g/mol. The molecule has 2 saturated carbocycles. The van der Waals surface area contributed by atoms with E-state index in [1.165, 1.54) is 0 Å². The summed E-state index contributed by atoms with van der Waals surface area (Å²) in [5.74, 6) is 0.745. The number of likely N-dealkylation sites (N-methyl/N-ethyl adjacent to an activating group) is 1. The number of rotatable bonds is 4. The predicted molar refractivity (Wildman–Crippen MR) is 99.3 cm³/mol. The lowest BCUT2D eigenvalue weighted by atomic mass is 9.67. The Balaban J connectivity index is 1.63. The molecule has 1 unspecified atom stereocenters. The van der Waals surface area contributed by atoms with E-state index in [0.717, 1.165) is 30.6 Å². The summed E-state index contributed by atoms with van der Waals surface area (Å²) in [5, 5.41) is 2.92. The molecular weight excluding hydrogens is 330 g/mol. The molecule has 3 aliphatic rings. The van der Waals surface area contributed by atoms with E-state index in [1.54, 1.807) is 11.9 Å². The number of carbonyl (C=O) groups is 3. The first-order chi connectivity index (χ1) is 12.0. The van der Waals surface area contributed by atoms with Crippen LogP contribution in [-0.4, -0.2) is 52.8 Å². The Labute approximate surface area is 156 Å². The summed E-state index contributed by atoms with van der Waals surface area (Å²) in [5.41, 5.74) is -0.579. The van der Waals surface area contributed by atoms with Crippen molar-refractivity contribution in [1.29, 1.82) is 0 Å². The Morgan fingerprint density at radius 3 is 2.31 bits per heavy atom. The van der Waals surface area contributed by atoms with Crippen molar-refractivity contribution in [3.05, 3.63) is 0 Å². The van der Waals surface area contributed by atoms with Gasteiger partial charge in [-0.3, -0.25) is 14.5 Å². The molecule has 6 heteroatoms. The van der Waals surface area contributed by atoms with E-state index < -0.39 is 11.6 Å². The highest BCUT2D eigenvalue weighted by Gasteiger charge is 2.53. The molecule has 1 aliphatic heterocycles. The molecule has 1 saturated heterocycles. The van der Waals surface area contributed by atoms with Crippen molar-refractivity contribution in [3.8, 4) is 0 Å². The average Bonchev–Trinajstić information content (AvgIpc) is 3.38. The molecule has 2 aliphatic carbocycles. The molecule has 4 amide bonds. The van der Waals surface area contributed by atoms with Crippen LogP contribution in [0.4, 0.5) is 4.79 Å². The Morgan fingerprint density at radius 1 is 1.23 bits per heavy atom. The maximum Gasteiger partial charge on any atom is 0.325 e. The number of nitrogens with one attached hydrogen (secondary N) is 1. The lowest BCUT2D eigenvalue weighted by molar-refractivity contribution is -0.140.